The van der Waals surface area contributed by atoms with E-state index in [0.717, 1.165) is 26.9 Å². The van der Waals surface area contributed by atoms with Gasteiger partial charge in [-0.1, -0.05) is 24.3 Å². The molecule has 4 heterocycles. The Morgan fingerprint density at radius 1 is 1.06 bits per heavy atom. The van der Waals surface area contributed by atoms with Crippen LogP contribution in [0.2, 0.25) is 0 Å². The number of thiophene rings is 2. The molecule has 0 fully saturated rings. The second-order valence-corrected chi connectivity index (χ2v) is 8.92. The quantitative estimate of drug-likeness (QED) is 0.348. The van der Waals surface area contributed by atoms with Crippen molar-refractivity contribution in [2.24, 2.45) is 0 Å². The minimum atomic E-state index is -0.520. The lowest BCUT2D eigenvalue weighted by atomic mass is 10.1. The number of nitrogens with zero attached hydrogens (tertiary/aromatic N) is 2. The summed E-state index contributed by atoms with van der Waals surface area (Å²) < 4.78 is 1.24. The molecule has 5 rings (SSSR count). The minimum absolute atomic E-state index is 0.108. The van der Waals surface area contributed by atoms with E-state index in [0.29, 0.717) is 10.2 Å². The van der Waals surface area contributed by atoms with E-state index in [2.05, 4.69) is 20.8 Å². The standard InChI is InChI=1S/C22H17N5O3S2/c28-18(8-13-9-23-16-5-2-1-4-14(13)16)25-26-19(29)10-27-12-24-21-20(22(27)30)15(11-32-21)17-6-3-7-31-17/h1-7,9,11-12,23H,8,10H2,(H,25,28)(H,26,29). The molecule has 0 spiro atoms. The van der Waals surface area contributed by atoms with E-state index in [4.69, 9.17) is 0 Å². The number of rotatable bonds is 5. The van der Waals surface area contributed by atoms with E-state index in [1.165, 1.54) is 33.6 Å². The van der Waals surface area contributed by atoms with Gasteiger partial charge in [-0.05, 0) is 23.1 Å². The number of carbonyl (C=O) groups is 2. The average molecular weight is 464 g/mol. The Bertz CT molecular complexity index is 1500. The van der Waals surface area contributed by atoms with Gasteiger partial charge >= 0.3 is 0 Å². The monoisotopic (exact) mass is 463 g/mol. The van der Waals surface area contributed by atoms with Crippen LogP contribution in [-0.2, 0) is 22.6 Å². The second kappa shape index (κ2) is 8.40. The Kier molecular flexibility index (Phi) is 5.29. The summed E-state index contributed by atoms with van der Waals surface area (Å²) in [5.41, 5.74) is 7.08. The van der Waals surface area contributed by atoms with Gasteiger partial charge in [0.1, 0.15) is 11.4 Å². The maximum atomic E-state index is 13.0. The molecule has 1 aromatic carbocycles. The first-order chi connectivity index (χ1) is 15.6. The van der Waals surface area contributed by atoms with Crippen molar-refractivity contribution in [1.82, 2.24) is 25.4 Å². The fraction of sp³-hybridized carbons (Fsp3) is 0.0909. The molecule has 5 aromatic rings. The van der Waals surface area contributed by atoms with Gasteiger partial charge in [0.15, 0.2) is 0 Å². The van der Waals surface area contributed by atoms with Gasteiger partial charge < -0.3 is 4.98 Å². The fourth-order valence-corrected chi connectivity index (χ4v) is 5.24. The van der Waals surface area contributed by atoms with Crippen molar-refractivity contribution in [3.63, 3.8) is 0 Å². The molecular weight excluding hydrogens is 446 g/mol. The van der Waals surface area contributed by atoms with Crippen LogP contribution < -0.4 is 16.4 Å². The third kappa shape index (κ3) is 3.81. The lowest BCUT2D eigenvalue weighted by Gasteiger charge is -2.09. The van der Waals surface area contributed by atoms with E-state index in [-0.39, 0.29) is 24.4 Å². The SMILES string of the molecule is O=C(Cc1c[nH]c2ccccc12)NNC(=O)Cn1cnc2scc(-c3cccs3)c2c1=O. The molecule has 8 nitrogen and oxygen atoms in total. The maximum Gasteiger partial charge on any atom is 0.263 e. The van der Waals surface area contributed by atoms with Crippen LogP contribution in [0, 0.1) is 0 Å². The van der Waals surface area contributed by atoms with Crippen LogP contribution in [-0.4, -0.2) is 26.3 Å². The molecule has 10 heteroatoms. The number of aromatic nitrogens is 3. The first kappa shape index (κ1) is 20.2. The first-order valence-corrected chi connectivity index (χ1v) is 11.5. The van der Waals surface area contributed by atoms with Crippen molar-refractivity contribution < 1.29 is 9.59 Å². The van der Waals surface area contributed by atoms with Crippen LogP contribution in [0.5, 0.6) is 0 Å². The molecule has 32 heavy (non-hydrogen) atoms. The van der Waals surface area contributed by atoms with E-state index >= 15 is 0 Å². The molecule has 0 aliphatic rings. The molecule has 0 radical (unpaired) electrons. The van der Waals surface area contributed by atoms with Crippen molar-refractivity contribution >= 4 is 55.6 Å². The predicted molar refractivity (Wildman–Crippen MR) is 125 cm³/mol. The molecule has 3 N–H and O–H groups in total. The Balaban J connectivity index is 1.26. The number of hydrazine groups is 1. The molecule has 4 aromatic heterocycles. The molecule has 0 unspecified atom stereocenters. The van der Waals surface area contributed by atoms with Crippen LogP contribution in [0.1, 0.15) is 5.56 Å². The summed E-state index contributed by atoms with van der Waals surface area (Å²) in [6.45, 7) is -0.255. The first-order valence-electron chi connectivity index (χ1n) is 9.73. The van der Waals surface area contributed by atoms with Gasteiger partial charge in [0.2, 0.25) is 5.91 Å². The number of benzene rings is 1. The van der Waals surface area contributed by atoms with E-state index in [9.17, 15) is 14.4 Å². The summed E-state index contributed by atoms with van der Waals surface area (Å²) in [4.78, 5) is 46.6. The number of nitrogens with one attached hydrogen (secondary N) is 3. The number of aromatic amines is 1. The number of hydrogen-bond acceptors (Lipinski definition) is 6. The molecule has 2 amide bonds. The molecule has 0 saturated heterocycles. The highest BCUT2D eigenvalue weighted by Gasteiger charge is 2.16. The summed E-state index contributed by atoms with van der Waals surface area (Å²) in [6, 6.07) is 11.5. The topological polar surface area (TPSA) is 109 Å². The summed E-state index contributed by atoms with van der Waals surface area (Å²) >= 11 is 2.93. The average Bonchev–Trinajstić information content (AvgIpc) is 3.54. The molecule has 0 aliphatic heterocycles. The van der Waals surface area contributed by atoms with Crippen molar-refractivity contribution in [3.8, 4) is 10.4 Å². The lowest BCUT2D eigenvalue weighted by molar-refractivity contribution is -0.128. The van der Waals surface area contributed by atoms with E-state index in [1.54, 1.807) is 6.20 Å². The van der Waals surface area contributed by atoms with E-state index < -0.39 is 5.91 Å². The van der Waals surface area contributed by atoms with Gasteiger partial charge in [0.25, 0.3) is 11.5 Å². The number of carbonyl (C=O) groups excluding carboxylic acids is 2. The van der Waals surface area contributed by atoms with Crippen LogP contribution in [0.3, 0.4) is 0 Å². The summed E-state index contributed by atoms with van der Waals surface area (Å²) in [5.74, 6) is -0.879. The highest BCUT2D eigenvalue weighted by atomic mass is 32.1. The zero-order chi connectivity index (χ0) is 22.1. The van der Waals surface area contributed by atoms with Gasteiger partial charge in [-0.2, -0.15) is 0 Å². The normalized spacial score (nSPS) is 11.1. The Morgan fingerprint density at radius 3 is 2.75 bits per heavy atom. The van der Waals surface area contributed by atoms with Gasteiger partial charge in [0, 0.05) is 32.9 Å². The van der Waals surface area contributed by atoms with E-state index in [1.807, 2.05) is 47.2 Å². The number of amides is 2. The van der Waals surface area contributed by atoms with Crippen LogP contribution >= 0.6 is 22.7 Å². The maximum absolute atomic E-state index is 13.0. The van der Waals surface area contributed by atoms with Gasteiger partial charge in [-0.15, -0.1) is 22.7 Å². The predicted octanol–water partition coefficient (Wildman–Crippen LogP) is 3.06. The molecule has 0 saturated carbocycles. The number of hydrogen-bond donors (Lipinski definition) is 3. The number of fused-ring (bicyclic) bond motifs is 2. The lowest BCUT2D eigenvalue weighted by Crippen LogP contribution is -2.44. The zero-order valence-corrected chi connectivity index (χ0v) is 18.3. The van der Waals surface area contributed by atoms with Crippen LogP contribution in [0.4, 0.5) is 0 Å². The Labute approximate surface area is 189 Å². The zero-order valence-electron chi connectivity index (χ0n) is 16.6. The molecule has 0 bridgehead atoms. The van der Waals surface area contributed by atoms with Crippen LogP contribution in [0.15, 0.2) is 64.5 Å². The van der Waals surface area contributed by atoms with Crippen LogP contribution in [0.25, 0.3) is 31.6 Å². The molecule has 0 atom stereocenters. The summed E-state index contributed by atoms with van der Waals surface area (Å²) in [5, 5.41) is 5.30. The van der Waals surface area contributed by atoms with Gasteiger partial charge in [-0.25, -0.2) is 4.98 Å². The molecular formula is C22H17N5O3S2. The number of para-hydroxylation sites is 1. The highest BCUT2D eigenvalue weighted by Crippen LogP contribution is 2.33. The highest BCUT2D eigenvalue weighted by molar-refractivity contribution is 7.18. The fourth-order valence-electron chi connectivity index (χ4n) is 3.52. The van der Waals surface area contributed by atoms with Crippen molar-refractivity contribution in [2.75, 3.05) is 0 Å². The van der Waals surface area contributed by atoms with Gasteiger partial charge in [-0.3, -0.25) is 29.8 Å². The summed E-state index contributed by atoms with van der Waals surface area (Å²) in [6.07, 6.45) is 3.24. The second-order valence-electron chi connectivity index (χ2n) is 7.12. The van der Waals surface area contributed by atoms with Gasteiger partial charge in [0.05, 0.1) is 18.1 Å². The number of H-pyrrole nitrogens is 1. The molecule has 160 valence electrons. The smallest absolute Gasteiger partial charge is 0.263 e. The third-order valence-electron chi connectivity index (χ3n) is 5.03. The minimum Gasteiger partial charge on any atom is -0.361 e. The Hall–Kier alpha value is -3.76. The third-order valence-corrected chi connectivity index (χ3v) is 6.82. The molecule has 0 aliphatic carbocycles. The van der Waals surface area contributed by atoms with Crippen molar-refractivity contribution in [1.29, 1.82) is 0 Å². The van der Waals surface area contributed by atoms with Crippen molar-refractivity contribution in [3.05, 3.63) is 75.6 Å². The van der Waals surface area contributed by atoms with Crippen molar-refractivity contribution in [2.45, 2.75) is 13.0 Å². The summed E-state index contributed by atoms with van der Waals surface area (Å²) in [7, 11) is 0. The largest absolute Gasteiger partial charge is 0.361 e. The Morgan fingerprint density at radius 2 is 1.91 bits per heavy atom.